The monoisotopic (exact) mass is 492 g/mol. The Kier molecular flexibility index (Phi) is 7.82. The molecule has 3 rings (SSSR count). The second-order valence-corrected chi connectivity index (χ2v) is 7.78. The standard InChI is InChI=1S/C22H24N2O11/c1-10(25)23-17-19(33-13(4)28)18(32-12(3)27)16(9-31-11(2)26)34-22(17)35-24-20(29)14-7-5-6-8-15(14)21(24)30/h5-8,16-19,22H,9H2,1-4H3,(H,23,25)/t16-,17-,18-,19-,22?/m1/s1. The molecule has 0 radical (unpaired) electrons. The average molecular weight is 492 g/mol. The molecule has 188 valence electrons. The van der Waals surface area contributed by atoms with Crippen molar-refractivity contribution in [3.05, 3.63) is 35.4 Å². The lowest BCUT2D eigenvalue weighted by Crippen LogP contribution is -2.67. The van der Waals surface area contributed by atoms with Gasteiger partial charge < -0.3 is 24.3 Å². The summed E-state index contributed by atoms with van der Waals surface area (Å²) in [5, 5.41) is 2.95. The third-order valence-electron chi connectivity index (χ3n) is 5.04. The Morgan fingerprint density at radius 1 is 0.886 bits per heavy atom. The fraction of sp³-hybridized carbons (Fsp3) is 0.455. The van der Waals surface area contributed by atoms with Crippen molar-refractivity contribution in [2.24, 2.45) is 0 Å². The lowest BCUT2D eigenvalue weighted by molar-refractivity contribution is -0.315. The zero-order valence-corrected chi connectivity index (χ0v) is 19.3. The Hall–Kier alpha value is -3.84. The molecular formula is C22H24N2O11. The molecule has 1 aromatic rings. The summed E-state index contributed by atoms with van der Waals surface area (Å²) in [7, 11) is 0. The van der Waals surface area contributed by atoms with Gasteiger partial charge in [0.2, 0.25) is 12.2 Å². The van der Waals surface area contributed by atoms with Crippen molar-refractivity contribution in [3.8, 4) is 0 Å². The smallest absolute Gasteiger partial charge is 0.303 e. The molecule has 5 atom stereocenters. The van der Waals surface area contributed by atoms with E-state index < -0.39 is 72.9 Å². The van der Waals surface area contributed by atoms with Gasteiger partial charge in [0.1, 0.15) is 18.8 Å². The molecule has 2 aliphatic rings. The van der Waals surface area contributed by atoms with Gasteiger partial charge in [0.25, 0.3) is 11.8 Å². The number of amides is 3. The zero-order valence-electron chi connectivity index (χ0n) is 19.3. The van der Waals surface area contributed by atoms with Crippen LogP contribution in [-0.4, -0.2) is 77.9 Å². The number of fused-ring (bicyclic) bond motifs is 1. The highest BCUT2D eigenvalue weighted by molar-refractivity contribution is 6.20. The van der Waals surface area contributed by atoms with Crippen molar-refractivity contribution < 1.29 is 52.6 Å². The van der Waals surface area contributed by atoms with E-state index in [1.54, 1.807) is 12.1 Å². The second kappa shape index (κ2) is 10.6. The van der Waals surface area contributed by atoms with Gasteiger partial charge in [-0.2, -0.15) is 0 Å². The van der Waals surface area contributed by atoms with Crippen LogP contribution in [0.3, 0.4) is 0 Å². The van der Waals surface area contributed by atoms with Gasteiger partial charge in [0.05, 0.1) is 11.1 Å². The number of rotatable bonds is 7. The highest BCUT2D eigenvalue weighted by Gasteiger charge is 2.53. The Balaban J connectivity index is 1.98. The van der Waals surface area contributed by atoms with Gasteiger partial charge in [0.15, 0.2) is 12.2 Å². The van der Waals surface area contributed by atoms with Gasteiger partial charge in [-0.15, -0.1) is 5.06 Å². The quantitative estimate of drug-likeness (QED) is 0.306. The van der Waals surface area contributed by atoms with Crippen LogP contribution in [0, 0.1) is 0 Å². The fourth-order valence-electron chi connectivity index (χ4n) is 3.75. The Bertz CT molecular complexity index is 1020. The number of benzene rings is 1. The average Bonchev–Trinajstić information content (AvgIpc) is 3.00. The van der Waals surface area contributed by atoms with Crippen molar-refractivity contribution in [2.45, 2.75) is 58.3 Å². The summed E-state index contributed by atoms with van der Waals surface area (Å²) in [6, 6.07) is 4.68. The SMILES string of the molecule is CC(=O)N[C@H]1C(ON2C(=O)c3ccccc3C2=O)O[C@H](COC(C)=O)[C@@H](OC(C)=O)[C@@H]1OC(C)=O. The molecule has 1 fully saturated rings. The number of nitrogens with zero attached hydrogens (tertiary/aromatic N) is 1. The highest BCUT2D eigenvalue weighted by Crippen LogP contribution is 2.31. The van der Waals surface area contributed by atoms with E-state index in [1.165, 1.54) is 12.1 Å². The van der Waals surface area contributed by atoms with E-state index in [-0.39, 0.29) is 11.1 Å². The number of esters is 3. The molecule has 3 amide bonds. The first-order valence-electron chi connectivity index (χ1n) is 10.5. The first kappa shape index (κ1) is 25.8. The maximum atomic E-state index is 12.8. The molecule has 0 aromatic heterocycles. The predicted octanol–water partition coefficient (Wildman–Crippen LogP) is -0.130. The van der Waals surface area contributed by atoms with Crippen molar-refractivity contribution in [1.82, 2.24) is 10.4 Å². The molecule has 35 heavy (non-hydrogen) atoms. The Morgan fingerprint density at radius 2 is 1.43 bits per heavy atom. The van der Waals surface area contributed by atoms with E-state index in [2.05, 4.69) is 5.32 Å². The molecule has 13 heteroatoms. The molecule has 1 unspecified atom stereocenters. The number of hydroxylamine groups is 2. The van der Waals surface area contributed by atoms with E-state index >= 15 is 0 Å². The number of imide groups is 1. The number of nitrogens with one attached hydrogen (secondary N) is 1. The molecule has 2 aliphatic heterocycles. The first-order chi connectivity index (χ1) is 16.5. The fourth-order valence-corrected chi connectivity index (χ4v) is 3.75. The van der Waals surface area contributed by atoms with Crippen LogP contribution in [0.1, 0.15) is 48.4 Å². The van der Waals surface area contributed by atoms with Gasteiger partial charge in [-0.1, -0.05) is 12.1 Å². The molecule has 1 N–H and O–H groups in total. The maximum absolute atomic E-state index is 12.8. The molecule has 0 bridgehead atoms. The third-order valence-corrected chi connectivity index (χ3v) is 5.04. The minimum absolute atomic E-state index is 0.0928. The maximum Gasteiger partial charge on any atom is 0.303 e. The van der Waals surface area contributed by atoms with Crippen molar-refractivity contribution >= 4 is 35.6 Å². The molecule has 1 aromatic carbocycles. The number of ether oxygens (including phenoxy) is 4. The summed E-state index contributed by atoms with van der Waals surface area (Å²) < 4.78 is 21.4. The van der Waals surface area contributed by atoms with Gasteiger partial charge >= 0.3 is 17.9 Å². The number of hydrogen-bond acceptors (Lipinski definition) is 11. The van der Waals surface area contributed by atoms with Gasteiger partial charge in [0, 0.05) is 27.7 Å². The van der Waals surface area contributed by atoms with E-state index in [9.17, 15) is 28.8 Å². The van der Waals surface area contributed by atoms with Crippen LogP contribution in [0.25, 0.3) is 0 Å². The van der Waals surface area contributed by atoms with E-state index in [4.69, 9.17) is 23.8 Å². The van der Waals surface area contributed by atoms with E-state index in [1.807, 2.05) is 0 Å². The minimum atomic E-state index is -1.60. The number of carbonyl (C=O) groups is 6. The van der Waals surface area contributed by atoms with Crippen LogP contribution in [0.5, 0.6) is 0 Å². The Labute approximate surface area is 199 Å². The summed E-state index contributed by atoms with van der Waals surface area (Å²) in [6.45, 7) is 4.03. The molecule has 0 aliphatic carbocycles. The minimum Gasteiger partial charge on any atom is -0.463 e. The first-order valence-corrected chi connectivity index (χ1v) is 10.5. The van der Waals surface area contributed by atoms with Crippen molar-refractivity contribution in [2.75, 3.05) is 6.61 Å². The molecule has 1 saturated heterocycles. The molecule has 0 spiro atoms. The molecule has 2 heterocycles. The van der Waals surface area contributed by atoms with Crippen LogP contribution in [0.2, 0.25) is 0 Å². The van der Waals surface area contributed by atoms with Crippen LogP contribution in [0.4, 0.5) is 0 Å². The van der Waals surface area contributed by atoms with E-state index in [0.717, 1.165) is 27.7 Å². The second-order valence-electron chi connectivity index (χ2n) is 7.78. The van der Waals surface area contributed by atoms with Crippen LogP contribution < -0.4 is 5.32 Å². The zero-order chi connectivity index (χ0) is 25.9. The summed E-state index contributed by atoms with van der Waals surface area (Å²) in [5.41, 5.74) is 0.186. The van der Waals surface area contributed by atoms with Crippen LogP contribution in [-0.2, 0) is 43.0 Å². The summed E-state index contributed by atoms with van der Waals surface area (Å²) in [6.07, 6.45) is -5.58. The van der Waals surface area contributed by atoms with Gasteiger partial charge in [-0.05, 0) is 12.1 Å². The third kappa shape index (κ3) is 5.81. The predicted molar refractivity (Wildman–Crippen MR) is 112 cm³/mol. The lowest BCUT2D eigenvalue weighted by Gasteiger charge is -2.45. The summed E-state index contributed by atoms with van der Waals surface area (Å²) in [4.78, 5) is 78.2. The number of hydrogen-bond donors (Lipinski definition) is 1. The molecule has 13 nitrogen and oxygen atoms in total. The van der Waals surface area contributed by atoms with Gasteiger partial charge in [-0.25, -0.2) is 4.84 Å². The molecule has 0 saturated carbocycles. The van der Waals surface area contributed by atoms with Crippen LogP contribution >= 0.6 is 0 Å². The summed E-state index contributed by atoms with van der Waals surface area (Å²) >= 11 is 0. The topological polar surface area (TPSA) is 164 Å². The highest BCUT2D eigenvalue weighted by atomic mass is 16.8. The normalized spacial score (nSPS) is 25.5. The van der Waals surface area contributed by atoms with E-state index in [0.29, 0.717) is 5.06 Å². The summed E-state index contributed by atoms with van der Waals surface area (Å²) in [5.74, 6) is -4.41. The van der Waals surface area contributed by atoms with Crippen LogP contribution in [0.15, 0.2) is 24.3 Å². The van der Waals surface area contributed by atoms with Crippen molar-refractivity contribution in [1.29, 1.82) is 0 Å². The largest absolute Gasteiger partial charge is 0.463 e. The molecular weight excluding hydrogens is 468 g/mol. The number of carbonyl (C=O) groups excluding carboxylic acids is 6. The van der Waals surface area contributed by atoms with Gasteiger partial charge in [-0.3, -0.25) is 28.8 Å². The Morgan fingerprint density at radius 3 is 1.91 bits per heavy atom. The van der Waals surface area contributed by atoms with Crippen molar-refractivity contribution in [3.63, 3.8) is 0 Å². The lowest BCUT2D eigenvalue weighted by atomic mass is 9.96.